The second-order valence-electron chi connectivity index (χ2n) is 3.00. The number of nitrogens with one attached hydrogen (secondary N) is 2. The molecule has 0 aromatic carbocycles. The average molecular weight is 187 g/mol. The van der Waals surface area contributed by atoms with Crippen LogP contribution >= 0.6 is 0 Å². The number of nitrogens with zero attached hydrogens (tertiary/aromatic N) is 1. The lowest BCUT2D eigenvalue weighted by molar-refractivity contribution is -0.122. The summed E-state index contributed by atoms with van der Waals surface area (Å²) in [5.74, 6) is 4.86. The van der Waals surface area contributed by atoms with Crippen molar-refractivity contribution in [1.29, 1.82) is 0 Å². The largest absolute Gasteiger partial charge is 0.369 e. The molecule has 76 valence electrons. The molecule has 0 aromatic heterocycles. The van der Waals surface area contributed by atoms with E-state index < -0.39 is 6.04 Å². The molecular weight excluding hydrogens is 170 g/mol. The van der Waals surface area contributed by atoms with E-state index in [9.17, 15) is 4.79 Å². The van der Waals surface area contributed by atoms with E-state index in [0.717, 1.165) is 0 Å². The molecule has 0 aromatic rings. The molecule has 0 saturated heterocycles. The zero-order chi connectivity index (χ0) is 10.4. The van der Waals surface area contributed by atoms with Crippen LogP contribution in [0.4, 0.5) is 0 Å². The zero-order valence-corrected chi connectivity index (χ0v) is 8.16. The van der Waals surface area contributed by atoms with Gasteiger partial charge in [0.15, 0.2) is 0 Å². The van der Waals surface area contributed by atoms with Crippen LogP contribution in [0.25, 0.3) is 0 Å². The Morgan fingerprint density at radius 1 is 1.38 bits per heavy atom. The Labute approximate surface area is 77.7 Å². The Morgan fingerprint density at radius 2 is 1.92 bits per heavy atom. The Hall–Kier alpha value is -1.30. The van der Waals surface area contributed by atoms with E-state index in [1.807, 2.05) is 13.8 Å². The van der Waals surface area contributed by atoms with Gasteiger partial charge in [-0.2, -0.15) is 0 Å². The van der Waals surface area contributed by atoms with Crippen LogP contribution in [-0.2, 0) is 4.79 Å². The molecular formula is C7H17N5O. The lowest BCUT2D eigenvalue weighted by Gasteiger charge is -2.11. The third-order valence-electron chi connectivity index (χ3n) is 1.29. The molecule has 0 aliphatic carbocycles. The lowest BCUT2D eigenvalue weighted by atomic mass is 10.3. The molecule has 0 fully saturated rings. The predicted octanol–water partition coefficient (Wildman–Crippen LogP) is -1.32. The molecule has 0 heterocycles. The third-order valence-corrected chi connectivity index (χ3v) is 1.29. The first-order chi connectivity index (χ1) is 5.97. The number of rotatable bonds is 3. The SMILES string of the molecule is CC(C)NC(=O)C(C)N=C(N)NN. The predicted molar refractivity (Wildman–Crippen MR) is 51.7 cm³/mol. The first kappa shape index (κ1) is 11.7. The van der Waals surface area contributed by atoms with Crippen molar-refractivity contribution < 1.29 is 4.79 Å². The van der Waals surface area contributed by atoms with Crippen molar-refractivity contribution in [3.63, 3.8) is 0 Å². The maximum absolute atomic E-state index is 11.3. The molecule has 1 amide bonds. The minimum absolute atomic E-state index is 0.0476. The molecule has 0 aliphatic rings. The highest BCUT2D eigenvalue weighted by Gasteiger charge is 2.12. The van der Waals surface area contributed by atoms with Crippen molar-refractivity contribution in [2.24, 2.45) is 16.6 Å². The number of aliphatic imine (C=N–C) groups is 1. The van der Waals surface area contributed by atoms with Crippen LogP contribution in [0.3, 0.4) is 0 Å². The fourth-order valence-electron chi connectivity index (χ4n) is 0.710. The second kappa shape index (κ2) is 5.36. The number of hydrogen-bond acceptors (Lipinski definition) is 3. The lowest BCUT2D eigenvalue weighted by Crippen LogP contribution is -2.41. The van der Waals surface area contributed by atoms with Gasteiger partial charge in [-0.1, -0.05) is 0 Å². The smallest absolute Gasteiger partial charge is 0.244 e. The van der Waals surface area contributed by atoms with Crippen LogP contribution in [0.5, 0.6) is 0 Å². The maximum Gasteiger partial charge on any atom is 0.244 e. The standard InChI is InChI=1S/C7H17N5O/c1-4(2)10-6(13)5(3)11-7(8)12-9/h4-5H,9H2,1-3H3,(H,10,13)(H3,8,11,12). The number of nitrogens with two attached hydrogens (primary N) is 2. The van der Waals surface area contributed by atoms with E-state index in [0.29, 0.717) is 0 Å². The van der Waals surface area contributed by atoms with Crippen molar-refractivity contribution in [2.45, 2.75) is 32.9 Å². The normalized spacial score (nSPS) is 14.1. The van der Waals surface area contributed by atoms with E-state index >= 15 is 0 Å². The van der Waals surface area contributed by atoms with Crippen LogP contribution in [0.15, 0.2) is 4.99 Å². The number of carbonyl (C=O) groups excluding carboxylic acids is 1. The van der Waals surface area contributed by atoms with Crippen molar-refractivity contribution >= 4 is 11.9 Å². The Kier molecular flexibility index (Phi) is 4.83. The monoisotopic (exact) mass is 187 g/mol. The van der Waals surface area contributed by atoms with Gasteiger partial charge in [0.25, 0.3) is 0 Å². The van der Waals surface area contributed by atoms with E-state index in [1.165, 1.54) is 0 Å². The summed E-state index contributed by atoms with van der Waals surface area (Å²) in [6.45, 7) is 5.39. The van der Waals surface area contributed by atoms with Gasteiger partial charge in [0.05, 0.1) is 0 Å². The second-order valence-corrected chi connectivity index (χ2v) is 3.00. The first-order valence-corrected chi connectivity index (χ1v) is 4.07. The minimum Gasteiger partial charge on any atom is -0.369 e. The van der Waals surface area contributed by atoms with Gasteiger partial charge in [0.2, 0.25) is 11.9 Å². The summed E-state index contributed by atoms with van der Waals surface area (Å²) in [6.07, 6.45) is 0. The molecule has 0 aliphatic heterocycles. The van der Waals surface area contributed by atoms with E-state index in [1.54, 1.807) is 6.92 Å². The van der Waals surface area contributed by atoms with Gasteiger partial charge >= 0.3 is 0 Å². The van der Waals surface area contributed by atoms with Gasteiger partial charge in [0, 0.05) is 6.04 Å². The van der Waals surface area contributed by atoms with Gasteiger partial charge in [-0.25, -0.2) is 10.8 Å². The average Bonchev–Trinajstić information content (AvgIpc) is 2.02. The van der Waals surface area contributed by atoms with Crippen LogP contribution in [0, 0.1) is 0 Å². The van der Waals surface area contributed by atoms with Crippen LogP contribution in [-0.4, -0.2) is 24.0 Å². The fourth-order valence-corrected chi connectivity index (χ4v) is 0.710. The zero-order valence-electron chi connectivity index (χ0n) is 8.16. The summed E-state index contributed by atoms with van der Waals surface area (Å²) in [7, 11) is 0. The molecule has 0 bridgehead atoms. The van der Waals surface area contributed by atoms with Gasteiger partial charge in [0.1, 0.15) is 6.04 Å². The molecule has 6 nitrogen and oxygen atoms in total. The van der Waals surface area contributed by atoms with Gasteiger partial charge in [-0.05, 0) is 20.8 Å². The number of amides is 1. The van der Waals surface area contributed by atoms with Gasteiger partial charge in [-0.15, -0.1) is 0 Å². The summed E-state index contributed by atoms with van der Waals surface area (Å²) >= 11 is 0. The van der Waals surface area contributed by atoms with E-state index in [4.69, 9.17) is 11.6 Å². The number of hydrogen-bond donors (Lipinski definition) is 4. The van der Waals surface area contributed by atoms with Gasteiger partial charge < -0.3 is 11.1 Å². The number of carbonyl (C=O) groups is 1. The molecule has 0 rings (SSSR count). The highest BCUT2D eigenvalue weighted by Crippen LogP contribution is 1.90. The van der Waals surface area contributed by atoms with Crippen molar-refractivity contribution in [3.05, 3.63) is 0 Å². The minimum atomic E-state index is -0.529. The summed E-state index contributed by atoms with van der Waals surface area (Å²) < 4.78 is 0. The maximum atomic E-state index is 11.3. The molecule has 6 heteroatoms. The summed E-state index contributed by atoms with van der Waals surface area (Å²) in [5, 5.41) is 2.70. The molecule has 6 N–H and O–H groups in total. The van der Waals surface area contributed by atoms with Crippen LogP contribution in [0.2, 0.25) is 0 Å². The number of hydrazine groups is 1. The molecule has 0 saturated carbocycles. The summed E-state index contributed by atoms with van der Waals surface area (Å²) in [5.41, 5.74) is 7.43. The Balaban J connectivity index is 4.11. The molecule has 13 heavy (non-hydrogen) atoms. The number of guanidine groups is 1. The molecule has 1 unspecified atom stereocenters. The highest BCUT2D eigenvalue weighted by molar-refractivity contribution is 5.86. The molecule has 0 radical (unpaired) electrons. The van der Waals surface area contributed by atoms with Gasteiger partial charge in [-0.3, -0.25) is 10.2 Å². The van der Waals surface area contributed by atoms with Crippen LogP contribution < -0.4 is 22.3 Å². The summed E-state index contributed by atoms with van der Waals surface area (Å²) in [4.78, 5) is 15.1. The van der Waals surface area contributed by atoms with Crippen molar-refractivity contribution in [3.8, 4) is 0 Å². The third kappa shape index (κ3) is 5.02. The Bertz CT molecular complexity index is 201. The van der Waals surface area contributed by atoms with Crippen molar-refractivity contribution in [1.82, 2.24) is 10.7 Å². The first-order valence-electron chi connectivity index (χ1n) is 4.07. The van der Waals surface area contributed by atoms with E-state index in [2.05, 4.69) is 15.7 Å². The Morgan fingerprint density at radius 3 is 2.31 bits per heavy atom. The summed E-state index contributed by atoms with van der Waals surface area (Å²) in [6, 6.07) is -0.435. The van der Waals surface area contributed by atoms with Crippen molar-refractivity contribution in [2.75, 3.05) is 0 Å². The molecule has 0 spiro atoms. The van der Waals surface area contributed by atoms with Crippen LogP contribution in [0.1, 0.15) is 20.8 Å². The fraction of sp³-hybridized carbons (Fsp3) is 0.714. The molecule has 1 atom stereocenters. The quantitative estimate of drug-likeness (QED) is 0.190. The van der Waals surface area contributed by atoms with E-state index in [-0.39, 0.29) is 17.9 Å². The highest BCUT2D eigenvalue weighted by atomic mass is 16.2. The topological polar surface area (TPSA) is 106 Å².